The van der Waals surface area contributed by atoms with Crippen molar-refractivity contribution in [2.75, 3.05) is 26.2 Å². The molecular weight excluding hydrogens is 261 g/mol. The topological polar surface area (TPSA) is 15.3 Å². The van der Waals surface area contributed by atoms with E-state index in [0.29, 0.717) is 0 Å². The van der Waals surface area contributed by atoms with E-state index in [4.69, 9.17) is 0 Å². The highest BCUT2D eigenvalue weighted by Crippen LogP contribution is 2.31. The third-order valence-corrected chi connectivity index (χ3v) is 3.82. The normalized spacial score (nSPS) is 18.6. The minimum absolute atomic E-state index is 0.593. The largest absolute Gasteiger partial charge is 0.416 e. The maximum Gasteiger partial charge on any atom is 0.416 e. The van der Waals surface area contributed by atoms with Gasteiger partial charge in [0.25, 0.3) is 0 Å². The quantitative estimate of drug-likeness (QED) is 0.836. The molecule has 0 amide bonds. The van der Waals surface area contributed by atoms with E-state index < -0.39 is 11.7 Å². The van der Waals surface area contributed by atoms with Gasteiger partial charge in [0, 0.05) is 24.5 Å². The molecule has 1 aliphatic heterocycles. The van der Waals surface area contributed by atoms with Gasteiger partial charge in [0.05, 0.1) is 5.56 Å². The molecule has 1 aromatic rings. The summed E-state index contributed by atoms with van der Waals surface area (Å²) in [5.74, 6) is 0. The van der Waals surface area contributed by atoms with Crippen molar-refractivity contribution in [1.29, 1.82) is 0 Å². The van der Waals surface area contributed by atoms with Crippen LogP contribution in [0.25, 0.3) is 0 Å². The van der Waals surface area contributed by atoms with Crippen molar-refractivity contribution in [2.45, 2.75) is 17.5 Å². The fraction of sp³-hybridized carbons (Fsp3) is 0.500. The third-order valence-electron chi connectivity index (χ3n) is 2.72. The first kappa shape index (κ1) is 13.7. The molecule has 0 saturated carbocycles. The Morgan fingerprint density at radius 2 is 1.78 bits per heavy atom. The van der Waals surface area contributed by atoms with Gasteiger partial charge in [-0.1, -0.05) is 0 Å². The minimum Gasteiger partial charge on any atom is -0.315 e. The average Bonchev–Trinajstić information content (AvgIpc) is 2.57. The van der Waals surface area contributed by atoms with Crippen LogP contribution in [0.3, 0.4) is 0 Å². The molecule has 0 radical (unpaired) electrons. The van der Waals surface area contributed by atoms with Crippen LogP contribution in [0, 0.1) is 0 Å². The number of hydrogen-bond acceptors (Lipinski definition) is 3. The zero-order valence-electron chi connectivity index (χ0n) is 9.83. The van der Waals surface area contributed by atoms with E-state index in [9.17, 15) is 13.2 Å². The summed E-state index contributed by atoms with van der Waals surface area (Å²) in [6.45, 7) is 3.79. The van der Waals surface area contributed by atoms with Crippen LogP contribution in [0.15, 0.2) is 29.2 Å². The first-order valence-corrected chi connectivity index (χ1v) is 6.64. The predicted octanol–water partition coefficient (Wildman–Crippen LogP) is 3.01. The molecule has 1 heterocycles. The Labute approximate surface area is 109 Å². The van der Waals surface area contributed by atoms with Crippen LogP contribution in [-0.2, 0) is 6.18 Å². The summed E-state index contributed by atoms with van der Waals surface area (Å²) in [5, 5.41) is 3.29. The van der Waals surface area contributed by atoms with Gasteiger partial charge in [0.1, 0.15) is 0 Å². The molecule has 100 valence electrons. The van der Waals surface area contributed by atoms with Gasteiger partial charge in [0.2, 0.25) is 0 Å². The SMILES string of the molecule is FC(F)(F)c1ccc(SN2CCCNCC2)cc1. The number of nitrogens with one attached hydrogen (secondary N) is 1. The first-order chi connectivity index (χ1) is 8.55. The highest BCUT2D eigenvalue weighted by atomic mass is 32.2. The van der Waals surface area contributed by atoms with E-state index in [1.807, 2.05) is 0 Å². The molecule has 1 aliphatic rings. The van der Waals surface area contributed by atoms with Gasteiger partial charge in [-0.25, -0.2) is 4.31 Å². The van der Waals surface area contributed by atoms with Crippen LogP contribution < -0.4 is 5.32 Å². The molecule has 0 spiro atoms. The molecule has 6 heteroatoms. The lowest BCUT2D eigenvalue weighted by Crippen LogP contribution is -2.22. The molecule has 0 unspecified atom stereocenters. The lowest BCUT2D eigenvalue weighted by Gasteiger charge is -2.18. The van der Waals surface area contributed by atoms with E-state index >= 15 is 0 Å². The maximum atomic E-state index is 12.4. The van der Waals surface area contributed by atoms with Gasteiger partial charge in [0.15, 0.2) is 0 Å². The summed E-state index contributed by atoms with van der Waals surface area (Å²) >= 11 is 1.52. The van der Waals surface area contributed by atoms with Crippen molar-refractivity contribution < 1.29 is 13.2 Å². The number of nitrogens with zero attached hydrogens (tertiary/aromatic N) is 1. The molecule has 0 atom stereocenters. The molecule has 0 bridgehead atoms. The summed E-state index contributed by atoms with van der Waals surface area (Å²) in [4.78, 5) is 0.852. The maximum absolute atomic E-state index is 12.4. The Hall–Kier alpha value is -0.720. The predicted molar refractivity (Wildman–Crippen MR) is 66.4 cm³/mol. The molecule has 1 N–H and O–H groups in total. The Balaban J connectivity index is 1.97. The number of halogens is 3. The zero-order valence-corrected chi connectivity index (χ0v) is 10.7. The zero-order chi connectivity index (χ0) is 13.0. The third kappa shape index (κ3) is 3.90. The van der Waals surface area contributed by atoms with Crippen molar-refractivity contribution in [3.63, 3.8) is 0 Å². The van der Waals surface area contributed by atoms with Gasteiger partial charge in [-0.3, -0.25) is 0 Å². The van der Waals surface area contributed by atoms with E-state index in [-0.39, 0.29) is 0 Å². The summed E-state index contributed by atoms with van der Waals surface area (Å²) < 4.78 is 39.4. The Morgan fingerprint density at radius 1 is 1.06 bits per heavy atom. The molecule has 2 rings (SSSR count). The summed E-state index contributed by atoms with van der Waals surface area (Å²) in [6, 6.07) is 5.34. The Bertz CT molecular complexity index is 370. The van der Waals surface area contributed by atoms with Crippen molar-refractivity contribution in [3.8, 4) is 0 Å². The van der Waals surface area contributed by atoms with Gasteiger partial charge >= 0.3 is 6.18 Å². The minimum atomic E-state index is -4.25. The second-order valence-electron chi connectivity index (χ2n) is 4.15. The molecule has 1 saturated heterocycles. The molecule has 1 aromatic carbocycles. The van der Waals surface area contributed by atoms with Crippen molar-refractivity contribution >= 4 is 11.9 Å². The number of rotatable bonds is 2. The highest BCUT2D eigenvalue weighted by Gasteiger charge is 2.30. The van der Waals surface area contributed by atoms with Crippen LogP contribution >= 0.6 is 11.9 Å². The molecule has 18 heavy (non-hydrogen) atoms. The van der Waals surface area contributed by atoms with Gasteiger partial charge < -0.3 is 5.32 Å². The first-order valence-electron chi connectivity index (χ1n) is 5.86. The van der Waals surface area contributed by atoms with Crippen LogP contribution in [0.4, 0.5) is 13.2 Å². The standard InChI is InChI=1S/C12H15F3N2S/c13-12(14,15)10-2-4-11(5-3-10)18-17-8-1-6-16-7-9-17/h2-5,16H,1,6-9H2. The van der Waals surface area contributed by atoms with Crippen LogP contribution in [0.5, 0.6) is 0 Å². The molecule has 0 aliphatic carbocycles. The fourth-order valence-corrected chi connectivity index (χ4v) is 2.73. The lowest BCUT2D eigenvalue weighted by molar-refractivity contribution is -0.137. The Morgan fingerprint density at radius 3 is 2.44 bits per heavy atom. The number of hydrogen-bond donors (Lipinski definition) is 1. The van der Waals surface area contributed by atoms with Crippen LogP contribution in [0.2, 0.25) is 0 Å². The smallest absolute Gasteiger partial charge is 0.315 e. The van der Waals surface area contributed by atoms with Crippen LogP contribution in [-0.4, -0.2) is 30.5 Å². The number of benzene rings is 1. The monoisotopic (exact) mass is 276 g/mol. The van der Waals surface area contributed by atoms with E-state index in [1.165, 1.54) is 24.1 Å². The van der Waals surface area contributed by atoms with Gasteiger partial charge in [-0.05, 0) is 49.2 Å². The van der Waals surface area contributed by atoms with Crippen molar-refractivity contribution in [1.82, 2.24) is 9.62 Å². The van der Waals surface area contributed by atoms with Gasteiger partial charge in [-0.2, -0.15) is 13.2 Å². The van der Waals surface area contributed by atoms with Crippen molar-refractivity contribution in [2.24, 2.45) is 0 Å². The molecule has 0 aromatic heterocycles. The lowest BCUT2D eigenvalue weighted by atomic mass is 10.2. The fourth-order valence-electron chi connectivity index (χ4n) is 1.77. The van der Waals surface area contributed by atoms with E-state index in [1.54, 1.807) is 0 Å². The summed E-state index contributed by atoms with van der Waals surface area (Å²) in [5.41, 5.74) is -0.593. The van der Waals surface area contributed by atoms with E-state index in [0.717, 1.165) is 49.6 Å². The molecule has 2 nitrogen and oxygen atoms in total. The van der Waals surface area contributed by atoms with Crippen LogP contribution in [0.1, 0.15) is 12.0 Å². The van der Waals surface area contributed by atoms with Crippen molar-refractivity contribution in [3.05, 3.63) is 29.8 Å². The molecule has 1 fully saturated rings. The second-order valence-corrected chi connectivity index (χ2v) is 5.32. The van der Waals surface area contributed by atoms with E-state index in [2.05, 4.69) is 9.62 Å². The summed E-state index contributed by atoms with van der Waals surface area (Å²) in [7, 11) is 0. The Kier molecular flexibility index (Phi) is 4.53. The number of alkyl halides is 3. The molecular formula is C12H15F3N2S. The summed E-state index contributed by atoms with van der Waals surface area (Å²) in [6.07, 6.45) is -3.19. The average molecular weight is 276 g/mol. The van der Waals surface area contributed by atoms with Gasteiger partial charge in [-0.15, -0.1) is 0 Å². The highest BCUT2D eigenvalue weighted by molar-refractivity contribution is 7.97. The second kappa shape index (κ2) is 5.95.